The monoisotopic (exact) mass is 280 g/mol. The van der Waals surface area contributed by atoms with Gasteiger partial charge in [-0.25, -0.2) is 0 Å². The molecular formula is C15H24N2OS. The van der Waals surface area contributed by atoms with Gasteiger partial charge >= 0.3 is 0 Å². The van der Waals surface area contributed by atoms with Crippen LogP contribution in [0.5, 0.6) is 0 Å². The van der Waals surface area contributed by atoms with Crippen LogP contribution in [0.3, 0.4) is 0 Å². The SMILES string of the molecule is Cc1ccc(CC(C)NC(=O)[C@H]2CCN[C@@H](C)C2)s1. The molecule has 1 fully saturated rings. The molecule has 0 aromatic carbocycles. The number of aryl methyl sites for hydroxylation is 1. The van der Waals surface area contributed by atoms with E-state index < -0.39 is 0 Å². The maximum absolute atomic E-state index is 12.2. The van der Waals surface area contributed by atoms with Gasteiger partial charge in [0, 0.05) is 34.2 Å². The van der Waals surface area contributed by atoms with E-state index in [-0.39, 0.29) is 17.9 Å². The topological polar surface area (TPSA) is 41.1 Å². The fourth-order valence-electron chi connectivity index (χ4n) is 2.68. The van der Waals surface area contributed by atoms with Crippen LogP contribution < -0.4 is 10.6 Å². The van der Waals surface area contributed by atoms with Gasteiger partial charge < -0.3 is 10.6 Å². The van der Waals surface area contributed by atoms with Crippen molar-refractivity contribution in [1.82, 2.24) is 10.6 Å². The number of amides is 1. The predicted molar refractivity (Wildman–Crippen MR) is 80.6 cm³/mol. The number of carbonyl (C=O) groups excluding carboxylic acids is 1. The highest BCUT2D eigenvalue weighted by Gasteiger charge is 2.25. The Morgan fingerprint density at radius 2 is 2.37 bits per heavy atom. The minimum Gasteiger partial charge on any atom is -0.353 e. The molecular weight excluding hydrogens is 256 g/mol. The molecule has 1 aliphatic rings. The van der Waals surface area contributed by atoms with Crippen LogP contribution in [-0.4, -0.2) is 24.5 Å². The van der Waals surface area contributed by atoms with E-state index >= 15 is 0 Å². The van der Waals surface area contributed by atoms with Crippen LogP contribution in [0.15, 0.2) is 12.1 Å². The van der Waals surface area contributed by atoms with Crippen LogP contribution in [-0.2, 0) is 11.2 Å². The van der Waals surface area contributed by atoms with Crippen LogP contribution in [0, 0.1) is 12.8 Å². The van der Waals surface area contributed by atoms with E-state index in [1.54, 1.807) is 0 Å². The lowest BCUT2D eigenvalue weighted by atomic mass is 9.92. The first kappa shape index (κ1) is 14.5. The zero-order valence-electron chi connectivity index (χ0n) is 12.0. The van der Waals surface area contributed by atoms with Gasteiger partial charge in [-0.1, -0.05) is 0 Å². The summed E-state index contributed by atoms with van der Waals surface area (Å²) in [7, 11) is 0. The van der Waals surface area contributed by atoms with E-state index in [9.17, 15) is 4.79 Å². The second-order valence-electron chi connectivity index (χ2n) is 5.70. The Bertz CT molecular complexity index is 430. The quantitative estimate of drug-likeness (QED) is 0.889. The van der Waals surface area contributed by atoms with Crippen LogP contribution >= 0.6 is 11.3 Å². The van der Waals surface area contributed by atoms with Gasteiger partial charge in [0.1, 0.15) is 0 Å². The lowest BCUT2D eigenvalue weighted by Gasteiger charge is -2.28. The van der Waals surface area contributed by atoms with E-state index in [2.05, 4.69) is 43.5 Å². The summed E-state index contributed by atoms with van der Waals surface area (Å²) in [5.41, 5.74) is 0. The van der Waals surface area contributed by atoms with E-state index in [0.29, 0.717) is 6.04 Å². The normalized spacial score (nSPS) is 25.0. The third kappa shape index (κ3) is 4.32. The first-order chi connectivity index (χ1) is 9.04. The van der Waals surface area contributed by atoms with Gasteiger partial charge in [0.25, 0.3) is 0 Å². The van der Waals surface area contributed by atoms with Crippen molar-refractivity contribution in [3.05, 3.63) is 21.9 Å². The van der Waals surface area contributed by atoms with Gasteiger partial charge in [-0.05, 0) is 52.3 Å². The van der Waals surface area contributed by atoms with E-state index in [4.69, 9.17) is 0 Å². The number of carbonyl (C=O) groups is 1. The fourth-order valence-corrected chi connectivity index (χ4v) is 3.70. The van der Waals surface area contributed by atoms with E-state index in [0.717, 1.165) is 25.8 Å². The Morgan fingerprint density at radius 3 is 3.00 bits per heavy atom. The van der Waals surface area contributed by atoms with Crippen molar-refractivity contribution in [2.45, 2.75) is 52.1 Å². The molecule has 1 saturated heterocycles. The van der Waals surface area contributed by atoms with Crippen LogP contribution in [0.4, 0.5) is 0 Å². The summed E-state index contributed by atoms with van der Waals surface area (Å²) >= 11 is 1.82. The molecule has 1 aliphatic heterocycles. The number of nitrogens with one attached hydrogen (secondary N) is 2. The molecule has 0 aliphatic carbocycles. The summed E-state index contributed by atoms with van der Waals surface area (Å²) in [5, 5.41) is 6.55. The molecule has 106 valence electrons. The second-order valence-corrected chi connectivity index (χ2v) is 7.08. The second kappa shape index (κ2) is 6.53. The average Bonchev–Trinajstić information content (AvgIpc) is 2.74. The Morgan fingerprint density at radius 1 is 1.58 bits per heavy atom. The Hall–Kier alpha value is -0.870. The average molecular weight is 280 g/mol. The highest BCUT2D eigenvalue weighted by molar-refractivity contribution is 7.11. The van der Waals surface area contributed by atoms with Crippen molar-refractivity contribution < 1.29 is 4.79 Å². The van der Waals surface area contributed by atoms with Gasteiger partial charge in [-0.15, -0.1) is 11.3 Å². The highest BCUT2D eigenvalue weighted by atomic mass is 32.1. The number of hydrogen-bond donors (Lipinski definition) is 2. The Labute approximate surface area is 119 Å². The van der Waals surface area contributed by atoms with Crippen LogP contribution in [0.25, 0.3) is 0 Å². The molecule has 1 unspecified atom stereocenters. The first-order valence-electron chi connectivity index (χ1n) is 7.13. The third-order valence-electron chi connectivity index (χ3n) is 3.69. The summed E-state index contributed by atoms with van der Waals surface area (Å²) in [4.78, 5) is 14.9. The molecule has 3 atom stereocenters. The number of hydrogen-bond acceptors (Lipinski definition) is 3. The highest BCUT2D eigenvalue weighted by Crippen LogP contribution is 2.18. The van der Waals surface area contributed by atoms with Crippen molar-refractivity contribution >= 4 is 17.2 Å². The maximum Gasteiger partial charge on any atom is 0.223 e. The fraction of sp³-hybridized carbons (Fsp3) is 0.667. The summed E-state index contributed by atoms with van der Waals surface area (Å²) < 4.78 is 0. The molecule has 1 amide bonds. The van der Waals surface area contributed by atoms with Crippen molar-refractivity contribution in [2.75, 3.05) is 6.54 Å². The molecule has 0 radical (unpaired) electrons. The Balaban J connectivity index is 1.81. The maximum atomic E-state index is 12.2. The predicted octanol–water partition coefficient (Wildman–Crippen LogP) is 2.49. The zero-order chi connectivity index (χ0) is 13.8. The minimum atomic E-state index is 0.184. The van der Waals surface area contributed by atoms with Gasteiger partial charge in [0.15, 0.2) is 0 Å². The van der Waals surface area contributed by atoms with Crippen molar-refractivity contribution in [1.29, 1.82) is 0 Å². The summed E-state index contributed by atoms with van der Waals surface area (Å²) in [5.74, 6) is 0.415. The van der Waals surface area contributed by atoms with Crippen molar-refractivity contribution in [2.24, 2.45) is 5.92 Å². The van der Waals surface area contributed by atoms with E-state index in [1.165, 1.54) is 9.75 Å². The zero-order valence-corrected chi connectivity index (χ0v) is 12.8. The smallest absolute Gasteiger partial charge is 0.223 e. The Kier molecular flexibility index (Phi) is 4.99. The molecule has 1 aromatic heterocycles. The molecule has 19 heavy (non-hydrogen) atoms. The molecule has 2 rings (SSSR count). The van der Waals surface area contributed by atoms with Gasteiger partial charge in [-0.3, -0.25) is 4.79 Å². The lowest BCUT2D eigenvalue weighted by Crippen LogP contribution is -2.45. The van der Waals surface area contributed by atoms with Gasteiger partial charge in [0.05, 0.1) is 0 Å². The first-order valence-corrected chi connectivity index (χ1v) is 7.95. The van der Waals surface area contributed by atoms with Crippen molar-refractivity contribution in [3.8, 4) is 0 Å². The molecule has 0 saturated carbocycles. The van der Waals surface area contributed by atoms with E-state index in [1.807, 2.05) is 11.3 Å². The summed E-state index contributed by atoms with van der Waals surface area (Å²) in [6.45, 7) is 7.32. The van der Waals surface area contributed by atoms with Crippen molar-refractivity contribution in [3.63, 3.8) is 0 Å². The number of rotatable bonds is 4. The molecule has 0 spiro atoms. The minimum absolute atomic E-state index is 0.184. The molecule has 0 bridgehead atoms. The molecule has 3 nitrogen and oxygen atoms in total. The van der Waals surface area contributed by atoms with Gasteiger partial charge in [0.2, 0.25) is 5.91 Å². The third-order valence-corrected chi connectivity index (χ3v) is 4.71. The molecule has 2 N–H and O–H groups in total. The summed E-state index contributed by atoms with van der Waals surface area (Å²) in [6.07, 6.45) is 2.85. The standard InChI is InChI=1S/C15H24N2OS/c1-10-8-13(6-7-16-10)15(18)17-11(2)9-14-5-4-12(3)19-14/h4-5,10-11,13,16H,6-9H2,1-3H3,(H,17,18)/t10-,11?,13-/m0/s1. The number of piperidine rings is 1. The largest absolute Gasteiger partial charge is 0.353 e. The molecule has 4 heteroatoms. The lowest BCUT2D eigenvalue weighted by molar-refractivity contribution is -0.126. The van der Waals surface area contributed by atoms with Crippen LogP contribution in [0.1, 0.15) is 36.4 Å². The molecule has 1 aromatic rings. The van der Waals surface area contributed by atoms with Crippen LogP contribution in [0.2, 0.25) is 0 Å². The summed E-state index contributed by atoms with van der Waals surface area (Å²) in [6, 6.07) is 4.98. The molecule has 2 heterocycles. The van der Waals surface area contributed by atoms with Gasteiger partial charge in [-0.2, -0.15) is 0 Å². The number of thiophene rings is 1.